The Bertz CT molecular complexity index is 1350. The number of rotatable bonds is 12. The highest BCUT2D eigenvalue weighted by Gasteiger charge is 2.15. The van der Waals surface area contributed by atoms with Gasteiger partial charge >= 0.3 is 0 Å². The highest BCUT2D eigenvalue weighted by Crippen LogP contribution is 2.25. The van der Waals surface area contributed by atoms with E-state index in [9.17, 15) is 9.59 Å². The maximum Gasteiger partial charge on any atom is 0.258 e. The fourth-order valence-corrected chi connectivity index (χ4v) is 5.12. The molecule has 38 heavy (non-hydrogen) atoms. The van der Waals surface area contributed by atoms with Crippen LogP contribution in [0.1, 0.15) is 38.1 Å². The van der Waals surface area contributed by atoms with E-state index in [0.29, 0.717) is 34.3 Å². The first-order valence-electron chi connectivity index (χ1n) is 12.3. The molecule has 0 saturated carbocycles. The van der Waals surface area contributed by atoms with Gasteiger partial charge < -0.3 is 19.9 Å². The van der Waals surface area contributed by atoms with Crippen molar-refractivity contribution in [3.05, 3.63) is 71.4 Å². The predicted molar refractivity (Wildman–Crippen MR) is 150 cm³/mol. The second kappa shape index (κ2) is 13.2. The Morgan fingerprint density at radius 1 is 1.05 bits per heavy atom. The van der Waals surface area contributed by atoms with Crippen LogP contribution in [0.25, 0.3) is 11.3 Å². The first-order chi connectivity index (χ1) is 18.4. The monoisotopic (exact) mass is 550 g/mol. The van der Waals surface area contributed by atoms with Crippen molar-refractivity contribution in [3.8, 4) is 17.0 Å². The van der Waals surface area contributed by atoms with Crippen molar-refractivity contribution in [3.63, 3.8) is 0 Å². The van der Waals surface area contributed by atoms with Gasteiger partial charge in [0.15, 0.2) is 22.7 Å². The van der Waals surface area contributed by atoms with Crippen molar-refractivity contribution in [1.82, 2.24) is 25.1 Å². The van der Waals surface area contributed by atoms with Gasteiger partial charge in [0.25, 0.3) is 5.91 Å². The zero-order valence-electron chi connectivity index (χ0n) is 21.5. The lowest BCUT2D eigenvalue weighted by Crippen LogP contribution is -2.29. The van der Waals surface area contributed by atoms with Crippen molar-refractivity contribution < 1.29 is 14.3 Å². The third-order valence-corrected chi connectivity index (χ3v) is 7.35. The molecule has 9 nitrogen and oxygen atoms in total. The number of nitrogens with one attached hydrogen (secondary N) is 2. The maximum absolute atomic E-state index is 12.5. The van der Waals surface area contributed by atoms with E-state index in [2.05, 4.69) is 39.7 Å². The Kier molecular flexibility index (Phi) is 9.50. The van der Waals surface area contributed by atoms with Gasteiger partial charge in [-0.25, -0.2) is 4.98 Å². The fraction of sp³-hybridized carbons (Fsp3) is 0.296. The third kappa shape index (κ3) is 7.42. The molecule has 0 atom stereocenters. The van der Waals surface area contributed by atoms with Gasteiger partial charge in [0.1, 0.15) is 5.75 Å². The summed E-state index contributed by atoms with van der Waals surface area (Å²) in [5.74, 6) is 1.42. The Morgan fingerprint density at radius 2 is 1.82 bits per heavy atom. The van der Waals surface area contributed by atoms with E-state index in [-0.39, 0.29) is 30.7 Å². The molecule has 0 fully saturated rings. The van der Waals surface area contributed by atoms with Crippen molar-refractivity contribution in [2.24, 2.45) is 0 Å². The van der Waals surface area contributed by atoms with Gasteiger partial charge in [-0.05, 0) is 30.5 Å². The van der Waals surface area contributed by atoms with Gasteiger partial charge in [-0.3, -0.25) is 9.59 Å². The molecule has 2 aromatic heterocycles. The van der Waals surface area contributed by atoms with Crippen LogP contribution in [0, 0.1) is 0 Å². The first kappa shape index (κ1) is 27.3. The van der Waals surface area contributed by atoms with Crippen molar-refractivity contribution in [2.75, 3.05) is 17.7 Å². The number of amides is 2. The summed E-state index contributed by atoms with van der Waals surface area (Å²) in [6.45, 7) is 6.94. The van der Waals surface area contributed by atoms with Crippen LogP contribution in [0.2, 0.25) is 0 Å². The molecule has 11 heteroatoms. The molecule has 2 N–H and O–H groups in total. The van der Waals surface area contributed by atoms with E-state index in [1.807, 2.05) is 71.5 Å². The van der Waals surface area contributed by atoms with Crippen LogP contribution in [0.5, 0.6) is 5.75 Å². The number of carbonyl (C=O) groups excluding carboxylic acids is 2. The maximum atomic E-state index is 12.5. The molecule has 4 rings (SSSR count). The highest BCUT2D eigenvalue weighted by atomic mass is 32.2. The molecule has 0 saturated heterocycles. The number of carbonyl (C=O) groups is 2. The van der Waals surface area contributed by atoms with Crippen molar-refractivity contribution in [1.29, 1.82) is 0 Å². The van der Waals surface area contributed by atoms with Crippen LogP contribution < -0.4 is 15.4 Å². The molecule has 2 amide bonds. The van der Waals surface area contributed by atoms with Crippen LogP contribution in [0.4, 0.5) is 5.13 Å². The van der Waals surface area contributed by atoms with Crippen LogP contribution in [0.3, 0.4) is 0 Å². The number of benzene rings is 2. The molecule has 2 aromatic carbocycles. The lowest BCUT2D eigenvalue weighted by molar-refractivity contribution is -0.123. The molecule has 2 heterocycles. The standard InChI is InChI=1S/C27H30N6O3S2/c1-4-33-23(14-28-24(34)15-36-21-12-10-19(11-13-21)18(2)3)31-32-27(33)38-17-25(35)30-26-29-22(16-37-26)20-8-6-5-7-9-20/h5-13,16,18H,4,14-15,17H2,1-3H3,(H,28,34)(H,29,30,35). The van der Waals surface area contributed by atoms with Gasteiger partial charge in [-0.2, -0.15) is 0 Å². The van der Waals surface area contributed by atoms with Crippen LogP contribution in [-0.2, 0) is 22.7 Å². The van der Waals surface area contributed by atoms with Crippen LogP contribution in [0.15, 0.2) is 65.1 Å². The van der Waals surface area contributed by atoms with Gasteiger partial charge in [-0.15, -0.1) is 21.5 Å². The molecule has 0 aliphatic rings. The Labute approximate surface area is 230 Å². The molecular weight excluding hydrogens is 520 g/mol. The molecule has 0 bridgehead atoms. The number of thioether (sulfide) groups is 1. The number of ether oxygens (including phenoxy) is 1. The van der Waals surface area contributed by atoms with Crippen LogP contribution >= 0.6 is 23.1 Å². The van der Waals surface area contributed by atoms with Gasteiger partial charge in [0, 0.05) is 17.5 Å². The summed E-state index contributed by atoms with van der Waals surface area (Å²) in [6.07, 6.45) is 0. The summed E-state index contributed by atoms with van der Waals surface area (Å²) in [5.41, 5.74) is 3.04. The fourth-order valence-electron chi connectivity index (χ4n) is 3.56. The smallest absolute Gasteiger partial charge is 0.258 e. The van der Waals surface area contributed by atoms with Crippen LogP contribution in [-0.4, -0.2) is 43.9 Å². The summed E-state index contributed by atoms with van der Waals surface area (Å²) in [7, 11) is 0. The average molecular weight is 551 g/mol. The quantitative estimate of drug-likeness (QED) is 0.240. The molecule has 0 aliphatic heterocycles. The van der Waals surface area contributed by atoms with Crippen molar-refractivity contribution >= 4 is 40.0 Å². The zero-order valence-corrected chi connectivity index (χ0v) is 23.1. The summed E-state index contributed by atoms with van der Waals surface area (Å²) >= 11 is 2.67. The molecule has 198 valence electrons. The van der Waals surface area contributed by atoms with Gasteiger partial charge in [0.2, 0.25) is 5.91 Å². The molecule has 4 aromatic rings. The van der Waals surface area contributed by atoms with Gasteiger partial charge in [-0.1, -0.05) is 68.1 Å². The highest BCUT2D eigenvalue weighted by molar-refractivity contribution is 7.99. The number of thiazole rings is 1. The topological polar surface area (TPSA) is 111 Å². The molecule has 0 unspecified atom stereocenters. The average Bonchev–Trinajstić information content (AvgIpc) is 3.56. The normalized spacial score (nSPS) is 10.9. The van der Waals surface area contributed by atoms with E-state index in [0.717, 1.165) is 11.3 Å². The second-order valence-electron chi connectivity index (χ2n) is 8.67. The van der Waals surface area contributed by atoms with Gasteiger partial charge in [0.05, 0.1) is 18.0 Å². The molecular formula is C27H30N6O3S2. The number of nitrogens with zero attached hydrogens (tertiary/aromatic N) is 4. The summed E-state index contributed by atoms with van der Waals surface area (Å²) in [6, 6.07) is 17.5. The number of anilines is 1. The summed E-state index contributed by atoms with van der Waals surface area (Å²) < 4.78 is 7.46. The Morgan fingerprint density at radius 3 is 2.53 bits per heavy atom. The lowest BCUT2D eigenvalue weighted by atomic mass is 10.0. The van der Waals surface area contributed by atoms with Crippen molar-refractivity contribution in [2.45, 2.75) is 44.9 Å². The minimum absolute atomic E-state index is 0.0915. The minimum Gasteiger partial charge on any atom is -0.484 e. The SMILES string of the molecule is CCn1c(CNC(=O)COc2ccc(C(C)C)cc2)nnc1SCC(=O)Nc1nc(-c2ccccc2)cs1. The van der Waals surface area contributed by atoms with E-state index in [4.69, 9.17) is 4.74 Å². The first-order valence-corrected chi connectivity index (χ1v) is 14.1. The Balaban J connectivity index is 1.23. The van der Waals surface area contributed by atoms with E-state index in [1.54, 1.807) is 0 Å². The summed E-state index contributed by atoms with van der Waals surface area (Å²) in [4.78, 5) is 29.3. The zero-order chi connectivity index (χ0) is 26.9. The molecule has 0 aliphatic carbocycles. The van der Waals surface area contributed by atoms with E-state index < -0.39 is 0 Å². The lowest BCUT2D eigenvalue weighted by Gasteiger charge is -2.10. The number of hydrogen-bond donors (Lipinski definition) is 2. The molecule has 0 radical (unpaired) electrons. The number of hydrogen-bond acceptors (Lipinski definition) is 8. The third-order valence-electron chi connectivity index (χ3n) is 5.62. The molecule has 0 spiro atoms. The predicted octanol–water partition coefficient (Wildman–Crippen LogP) is 4.97. The van der Waals surface area contributed by atoms with E-state index >= 15 is 0 Å². The second-order valence-corrected chi connectivity index (χ2v) is 10.5. The minimum atomic E-state index is -0.254. The van der Waals surface area contributed by atoms with E-state index in [1.165, 1.54) is 28.7 Å². The largest absolute Gasteiger partial charge is 0.484 e. The number of aromatic nitrogens is 4. The summed E-state index contributed by atoms with van der Waals surface area (Å²) in [5, 5.41) is 17.1. The Hall–Kier alpha value is -3.70.